The van der Waals surface area contributed by atoms with E-state index < -0.39 is 5.38 Å². The van der Waals surface area contributed by atoms with Crippen LogP contribution in [0.1, 0.15) is 70.4 Å². The number of benzene rings is 2. The van der Waals surface area contributed by atoms with Gasteiger partial charge < -0.3 is 4.74 Å². The monoisotopic (exact) mass is 506 g/mol. The number of ether oxygens (including phenoxy) is 1. The molecule has 3 aromatic rings. The molecule has 3 rings (SSSR count). The van der Waals surface area contributed by atoms with Crippen LogP contribution >= 0.6 is 11.6 Å². The minimum absolute atomic E-state index is 0.124. The number of hydrogen-bond donors (Lipinski definition) is 0. The van der Waals surface area contributed by atoms with Crippen LogP contribution in [0.15, 0.2) is 60.9 Å². The Morgan fingerprint density at radius 3 is 2.00 bits per heavy atom. The summed E-state index contributed by atoms with van der Waals surface area (Å²) < 4.78 is 5.34. The van der Waals surface area contributed by atoms with Crippen LogP contribution in [0.25, 0.3) is 22.5 Å². The van der Waals surface area contributed by atoms with Gasteiger partial charge in [0, 0.05) is 18.0 Å². The lowest BCUT2D eigenvalue weighted by Gasteiger charge is -2.15. The van der Waals surface area contributed by atoms with Gasteiger partial charge in [-0.2, -0.15) is 0 Å². The maximum Gasteiger partial charge on any atom is 0.324 e. The van der Waals surface area contributed by atoms with Crippen molar-refractivity contribution in [3.8, 4) is 22.5 Å². The molecule has 4 nitrogen and oxygen atoms in total. The molecule has 2 aromatic carbocycles. The number of aromatic nitrogens is 2. The molecule has 1 heterocycles. The Morgan fingerprint density at radius 2 is 1.39 bits per heavy atom. The molecule has 0 N–H and O–H groups in total. The first-order valence-corrected chi connectivity index (χ1v) is 13.8. The van der Waals surface area contributed by atoms with E-state index in [1.54, 1.807) is 0 Å². The Labute approximate surface area is 221 Å². The van der Waals surface area contributed by atoms with Crippen LogP contribution in [0.5, 0.6) is 0 Å². The standard InChI is InChI=1S/C31H39ClN2O2/c1-4-6-7-8-10-25-21-33-30(34-22-25)28-18-16-27(17-19-28)26-14-12-24(13-15-26)11-9-20-36-31(35)29(32)23(3)5-2/h12-19,21-23,29H,4-11,20H2,1-3H3/t23-,29-/m0/s1. The van der Waals surface area contributed by atoms with Crippen molar-refractivity contribution in [1.29, 1.82) is 0 Å². The Bertz CT molecular complexity index is 1050. The lowest BCUT2D eigenvalue weighted by atomic mass is 10.0. The van der Waals surface area contributed by atoms with E-state index in [9.17, 15) is 4.79 Å². The third-order valence-corrected chi connectivity index (χ3v) is 7.29. The van der Waals surface area contributed by atoms with Gasteiger partial charge in [-0.3, -0.25) is 4.79 Å². The van der Waals surface area contributed by atoms with E-state index in [0.717, 1.165) is 42.6 Å². The summed E-state index contributed by atoms with van der Waals surface area (Å²) in [5.41, 5.74) is 5.77. The highest BCUT2D eigenvalue weighted by atomic mass is 35.5. The Kier molecular flexibility index (Phi) is 11.4. The minimum atomic E-state index is -0.563. The topological polar surface area (TPSA) is 52.1 Å². The maximum absolute atomic E-state index is 12.0. The summed E-state index contributed by atoms with van der Waals surface area (Å²) in [6.45, 7) is 6.61. The number of carbonyl (C=O) groups excluding carboxylic acids is 1. The summed E-state index contributed by atoms with van der Waals surface area (Å²) in [7, 11) is 0. The van der Waals surface area contributed by atoms with Crippen LogP contribution in [0.2, 0.25) is 0 Å². The molecular formula is C31H39ClN2O2. The zero-order chi connectivity index (χ0) is 25.8. The molecule has 192 valence electrons. The van der Waals surface area contributed by atoms with Crippen LogP contribution in [-0.4, -0.2) is 27.9 Å². The molecule has 0 fully saturated rings. The first-order chi connectivity index (χ1) is 17.5. The highest BCUT2D eigenvalue weighted by Gasteiger charge is 2.22. The van der Waals surface area contributed by atoms with Gasteiger partial charge in [-0.05, 0) is 53.9 Å². The lowest BCUT2D eigenvalue weighted by molar-refractivity contribution is -0.144. The average molecular weight is 507 g/mol. The third kappa shape index (κ3) is 8.44. The molecule has 0 radical (unpaired) electrons. The van der Waals surface area contributed by atoms with E-state index in [4.69, 9.17) is 16.3 Å². The number of halogens is 1. The third-order valence-electron chi connectivity index (χ3n) is 6.68. The van der Waals surface area contributed by atoms with Crippen molar-refractivity contribution >= 4 is 17.6 Å². The van der Waals surface area contributed by atoms with E-state index in [2.05, 4.69) is 65.4 Å². The summed E-state index contributed by atoms with van der Waals surface area (Å²) in [6, 6.07) is 16.9. The summed E-state index contributed by atoms with van der Waals surface area (Å²) >= 11 is 6.15. The lowest BCUT2D eigenvalue weighted by Crippen LogP contribution is -2.24. The second-order valence-corrected chi connectivity index (χ2v) is 10.0. The molecule has 0 aliphatic rings. The van der Waals surface area contributed by atoms with Gasteiger partial charge in [0.1, 0.15) is 5.38 Å². The molecule has 0 spiro atoms. The number of nitrogens with zero attached hydrogens (tertiary/aromatic N) is 2. The smallest absolute Gasteiger partial charge is 0.324 e. The SMILES string of the molecule is CCCCCCc1cnc(-c2ccc(-c3ccc(CCCOC(=O)[C@@H](Cl)[C@@H](C)CC)cc3)cc2)nc1. The largest absolute Gasteiger partial charge is 0.465 e. The molecular weight excluding hydrogens is 468 g/mol. The van der Waals surface area contributed by atoms with Gasteiger partial charge in [0.25, 0.3) is 0 Å². The molecule has 0 amide bonds. The van der Waals surface area contributed by atoms with Crippen molar-refractivity contribution in [3.63, 3.8) is 0 Å². The van der Waals surface area contributed by atoms with Crippen molar-refractivity contribution in [2.75, 3.05) is 6.61 Å². The average Bonchev–Trinajstić information content (AvgIpc) is 2.93. The molecule has 1 aromatic heterocycles. The van der Waals surface area contributed by atoms with Crippen LogP contribution in [0, 0.1) is 5.92 Å². The fraction of sp³-hybridized carbons (Fsp3) is 0.452. The van der Waals surface area contributed by atoms with Crippen LogP contribution < -0.4 is 0 Å². The van der Waals surface area contributed by atoms with Gasteiger partial charge in [0.05, 0.1) is 6.61 Å². The minimum Gasteiger partial charge on any atom is -0.465 e. The zero-order valence-corrected chi connectivity index (χ0v) is 22.6. The molecule has 0 saturated heterocycles. The van der Waals surface area contributed by atoms with Gasteiger partial charge in [0.2, 0.25) is 0 Å². The molecule has 0 unspecified atom stereocenters. The molecule has 0 bridgehead atoms. The molecule has 5 heteroatoms. The first-order valence-electron chi connectivity index (χ1n) is 13.3. The molecule has 0 aliphatic heterocycles. The van der Waals surface area contributed by atoms with Crippen LogP contribution in [0.4, 0.5) is 0 Å². The van der Waals surface area contributed by atoms with Crippen LogP contribution in [0.3, 0.4) is 0 Å². The van der Waals surface area contributed by atoms with E-state index in [-0.39, 0.29) is 11.9 Å². The van der Waals surface area contributed by atoms with Crippen molar-refractivity contribution in [1.82, 2.24) is 9.97 Å². The fourth-order valence-corrected chi connectivity index (χ4v) is 4.27. The second-order valence-electron chi connectivity index (χ2n) is 9.56. The normalized spacial score (nSPS) is 12.8. The highest BCUT2D eigenvalue weighted by Crippen LogP contribution is 2.24. The van der Waals surface area contributed by atoms with Crippen LogP contribution in [-0.2, 0) is 22.4 Å². The second kappa shape index (κ2) is 14.7. The number of unbranched alkanes of at least 4 members (excludes halogenated alkanes) is 3. The summed E-state index contributed by atoms with van der Waals surface area (Å²) in [4.78, 5) is 21.1. The Hall–Kier alpha value is -2.72. The number of alkyl halides is 1. The molecule has 0 aliphatic carbocycles. The van der Waals surface area contributed by atoms with Crippen molar-refractivity contribution in [2.24, 2.45) is 5.92 Å². The van der Waals surface area contributed by atoms with Gasteiger partial charge in [-0.1, -0.05) is 95.0 Å². The number of hydrogen-bond acceptors (Lipinski definition) is 4. The van der Waals surface area contributed by atoms with E-state index >= 15 is 0 Å². The number of carbonyl (C=O) groups is 1. The zero-order valence-electron chi connectivity index (χ0n) is 21.9. The van der Waals surface area contributed by atoms with Gasteiger partial charge in [0.15, 0.2) is 5.82 Å². The number of esters is 1. The Balaban J connectivity index is 1.48. The van der Waals surface area contributed by atoms with E-state index in [1.807, 2.05) is 26.2 Å². The summed E-state index contributed by atoms with van der Waals surface area (Å²) in [5.74, 6) is 0.576. The van der Waals surface area contributed by atoms with Crippen molar-refractivity contribution in [2.45, 2.75) is 77.5 Å². The maximum atomic E-state index is 12.0. The number of rotatable bonds is 14. The highest BCUT2D eigenvalue weighted by molar-refractivity contribution is 6.30. The summed E-state index contributed by atoms with van der Waals surface area (Å²) in [6.07, 6.45) is 12.5. The van der Waals surface area contributed by atoms with Gasteiger partial charge >= 0.3 is 5.97 Å². The van der Waals surface area contributed by atoms with Crippen molar-refractivity contribution < 1.29 is 9.53 Å². The van der Waals surface area contributed by atoms with Crippen molar-refractivity contribution in [3.05, 3.63) is 72.1 Å². The molecule has 2 atom stereocenters. The quantitative estimate of drug-likeness (QED) is 0.126. The molecule has 0 saturated carbocycles. The first kappa shape index (κ1) is 27.9. The Morgan fingerprint density at radius 1 is 0.806 bits per heavy atom. The van der Waals surface area contributed by atoms with E-state index in [0.29, 0.717) is 6.61 Å². The fourth-order valence-electron chi connectivity index (χ4n) is 4.03. The summed E-state index contributed by atoms with van der Waals surface area (Å²) in [5, 5.41) is -0.563. The van der Waals surface area contributed by atoms with Gasteiger partial charge in [-0.15, -0.1) is 11.6 Å². The van der Waals surface area contributed by atoms with Gasteiger partial charge in [-0.25, -0.2) is 9.97 Å². The van der Waals surface area contributed by atoms with E-state index in [1.165, 1.54) is 42.4 Å². The molecule has 36 heavy (non-hydrogen) atoms. The predicted molar refractivity (Wildman–Crippen MR) is 149 cm³/mol. The predicted octanol–water partition coefficient (Wildman–Crippen LogP) is 8.06. The number of aryl methyl sites for hydroxylation is 2.